The summed E-state index contributed by atoms with van der Waals surface area (Å²) in [5.41, 5.74) is 0. The maximum atomic E-state index is 12.0. The number of Topliss-reactive ketones (excluding diaryl/α,β-unsaturated/α-hetero) is 1. The molecule has 0 radical (unpaired) electrons. The molecule has 0 aliphatic rings. The average Bonchev–Trinajstić information content (AvgIpc) is 2.65. The Balaban J connectivity index is 2.74. The largest absolute Gasteiger partial charge is 0.307 e. The Kier molecular flexibility index (Phi) is 4.29. The molecule has 0 fully saturated rings. The average molecular weight is 211 g/mol. The van der Waals surface area contributed by atoms with Crippen LogP contribution in [0.25, 0.3) is 0 Å². The normalized spacial score (nSPS) is 13.1. The van der Waals surface area contributed by atoms with Gasteiger partial charge in [-0.15, -0.1) is 11.3 Å². The molecule has 0 spiro atoms. The summed E-state index contributed by atoms with van der Waals surface area (Å²) in [6.45, 7) is 6.99. The number of carbonyl (C=O) groups is 1. The molecule has 3 heteroatoms. The number of rotatable bonds is 5. The predicted molar refractivity (Wildman–Crippen MR) is 61.0 cm³/mol. The molecule has 1 unspecified atom stereocenters. The Morgan fingerprint density at radius 1 is 1.57 bits per heavy atom. The van der Waals surface area contributed by atoms with Gasteiger partial charge < -0.3 is 5.32 Å². The van der Waals surface area contributed by atoms with E-state index in [1.54, 1.807) is 0 Å². The molecule has 1 atom stereocenters. The first-order valence-corrected chi connectivity index (χ1v) is 5.85. The van der Waals surface area contributed by atoms with Gasteiger partial charge in [0.1, 0.15) is 0 Å². The van der Waals surface area contributed by atoms with E-state index in [1.807, 2.05) is 24.4 Å². The summed E-state index contributed by atoms with van der Waals surface area (Å²) in [5, 5.41) is 5.17. The van der Waals surface area contributed by atoms with Gasteiger partial charge in [0, 0.05) is 0 Å². The van der Waals surface area contributed by atoms with E-state index < -0.39 is 0 Å². The van der Waals surface area contributed by atoms with E-state index in [9.17, 15) is 4.79 Å². The second-order valence-electron chi connectivity index (χ2n) is 3.62. The molecule has 0 amide bonds. The van der Waals surface area contributed by atoms with Crippen molar-refractivity contribution in [3.63, 3.8) is 0 Å². The zero-order valence-corrected chi connectivity index (χ0v) is 9.73. The van der Waals surface area contributed by atoms with Crippen LogP contribution in [0, 0.1) is 5.92 Å². The predicted octanol–water partition coefficient (Wildman–Crippen LogP) is 2.56. The summed E-state index contributed by atoms with van der Waals surface area (Å²) in [4.78, 5) is 12.8. The van der Waals surface area contributed by atoms with Gasteiger partial charge in [0.2, 0.25) is 0 Å². The highest BCUT2D eigenvalue weighted by atomic mass is 32.1. The van der Waals surface area contributed by atoms with Gasteiger partial charge in [-0.2, -0.15) is 0 Å². The van der Waals surface area contributed by atoms with Gasteiger partial charge in [-0.25, -0.2) is 0 Å². The molecule has 1 aromatic heterocycles. The number of nitrogens with one attached hydrogen (secondary N) is 1. The molecule has 1 aromatic rings. The number of ketones is 1. The third kappa shape index (κ3) is 2.66. The lowest BCUT2D eigenvalue weighted by Gasteiger charge is -2.19. The second kappa shape index (κ2) is 5.27. The molecule has 0 aromatic carbocycles. The maximum Gasteiger partial charge on any atom is 0.189 e. The Morgan fingerprint density at radius 3 is 2.71 bits per heavy atom. The van der Waals surface area contributed by atoms with Crippen LogP contribution in [0.5, 0.6) is 0 Å². The topological polar surface area (TPSA) is 29.1 Å². The van der Waals surface area contributed by atoms with Crippen LogP contribution in [0.4, 0.5) is 0 Å². The Labute approximate surface area is 89.3 Å². The summed E-state index contributed by atoms with van der Waals surface area (Å²) in [6, 6.07) is 3.76. The fourth-order valence-electron chi connectivity index (χ4n) is 1.42. The number of thiophene rings is 1. The van der Waals surface area contributed by atoms with Crippen LogP contribution < -0.4 is 5.32 Å². The SMILES string of the molecule is CCNC(C(=O)c1cccs1)C(C)C. The number of likely N-dealkylation sites (N-methyl/N-ethyl adjacent to an activating group) is 1. The highest BCUT2D eigenvalue weighted by Gasteiger charge is 2.22. The van der Waals surface area contributed by atoms with Crippen molar-refractivity contribution < 1.29 is 4.79 Å². The molecule has 78 valence electrons. The highest BCUT2D eigenvalue weighted by molar-refractivity contribution is 7.12. The molecule has 1 N–H and O–H groups in total. The highest BCUT2D eigenvalue weighted by Crippen LogP contribution is 2.15. The van der Waals surface area contributed by atoms with Gasteiger partial charge in [0.05, 0.1) is 10.9 Å². The summed E-state index contributed by atoms with van der Waals surface area (Å²) < 4.78 is 0. The van der Waals surface area contributed by atoms with Crippen LogP contribution in [0.3, 0.4) is 0 Å². The summed E-state index contributed by atoms with van der Waals surface area (Å²) in [6.07, 6.45) is 0. The summed E-state index contributed by atoms with van der Waals surface area (Å²) in [7, 11) is 0. The van der Waals surface area contributed by atoms with Gasteiger partial charge in [-0.3, -0.25) is 4.79 Å². The molecule has 1 rings (SSSR count). The molecule has 0 saturated carbocycles. The number of hydrogen-bond donors (Lipinski definition) is 1. The van der Waals surface area contributed by atoms with Gasteiger partial charge in [0.15, 0.2) is 5.78 Å². The van der Waals surface area contributed by atoms with Gasteiger partial charge >= 0.3 is 0 Å². The van der Waals surface area contributed by atoms with Crippen LogP contribution in [0.15, 0.2) is 17.5 Å². The number of carbonyl (C=O) groups excluding carboxylic acids is 1. The zero-order chi connectivity index (χ0) is 10.6. The van der Waals surface area contributed by atoms with Crippen LogP contribution in [0.1, 0.15) is 30.4 Å². The smallest absolute Gasteiger partial charge is 0.189 e. The fourth-order valence-corrected chi connectivity index (χ4v) is 2.13. The maximum absolute atomic E-state index is 12.0. The molecular weight excluding hydrogens is 194 g/mol. The minimum absolute atomic E-state index is 0.0429. The van der Waals surface area contributed by atoms with Gasteiger partial charge in [-0.05, 0) is 23.9 Å². The Morgan fingerprint density at radius 2 is 2.29 bits per heavy atom. The van der Waals surface area contributed by atoms with E-state index in [2.05, 4.69) is 19.2 Å². The van der Waals surface area contributed by atoms with Crippen molar-refractivity contribution in [2.24, 2.45) is 5.92 Å². The molecule has 0 aliphatic carbocycles. The standard InChI is InChI=1S/C11H17NOS/c1-4-12-10(8(2)3)11(13)9-6-5-7-14-9/h5-8,10,12H,4H2,1-3H3. The Bertz CT molecular complexity index is 279. The quantitative estimate of drug-likeness (QED) is 0.758. The van der Waals surface area contributed by atoms with E-state index in [0.717, 1.165) is 11.4 Å². The van der Waals surface area contributed by atoms with E-state index in [4.69, 9.17) is 0 Å². The van der Waals surface area contributed by atoms with Crippen molar-refractivity contribution in [2.45, 2.75) is 26.8 Å². The molecular formula is C11H17NOS. The second-order valence-corrected chi connectivity index (χ2v) is 4.57. The van der Waals surface area contributed by atoms with E-state index in [1.165, 1.54) is 11.3 Å². The lowest BCUT2D eigenvalue weighted by atomic mass is 9.99. The van der Waals surface area contributed by atoms with Crippen molar-refractivity contribution in [3.8, 4) is 0 Å². The van der Waals surface area contributed by atoms with Crippen molar-refractivity contribution in [1.29, 1.82) is 0 Å². The molecule has 1 heterocycles. The third-order valence-corrected chi connectivity index (χ3v) is 3.02. The first-order valence-electron chi connectivity index (χ1n) is 4.98. The first-order chi connectivity index (χ1) is 6.66. The van der Waals surface area contributed by atoms with E-state index in [-0.39, 0.29) is 11.8 Å². The van der Waals surface area contributed by atoms with Crippen molar-refractivity contribution in [1.82, 2.24) is 5.32 Å². The van der Waals surface area contributed by atoms with Crippen molar-refractivity contribution in [3.05, 3.63) is 22.4 Å². The van der Waals surface area contributed by atoms with Crippen LogP contribution in [-0.2, 0) is 0 Å². The fraction of sp³-hybridized carbons (Fsp3) is 0.545. The molecule has 0 saturated heterocycles. The van der Waals surface area contributed by atoms with Gasteiger partial charge in [0.25, 0.3) is 0 Å². The minimum atomic E-state index is -0.0429. The molecule has 2 nitrogen and oxygen atoms in total. The first kappa shape index (κ1) is 11.4. The summed E-state index contributed by atoms with van der Waals surface area (Å²) in [5.74, 6) is 0.557. The Hall–Kier alpha value is -0.670. The number of hydrogen-bond acceptors (Lipinski definition) is 3. The molecule has 14 heavy (non-hydrogen) atoms. The minimum Gasteiger partial charge on any atom is -0.307 e. The van der Waals surface area contributed by atoms with Crippen LogP contribution in [-0.4, -0.2) is 18.4 Å². The van der Waals surface area contributed by atoms with Crippen molar-refractivity contribution >= 4 is 17.1 Å². The monoisotopic (exact) mass is 211 g/mol. The molecule has 0 bridgehead atoms. The molecule has 0 aliphatic heterocycles. The lowest BCUT2D eigenvalue weighted by molar-refractivity contribution is 0.0922. The third-order valence-electron chi connectivity index (χ3n) is 2.14. The zero-order valence-electron chi connectivity index (χ0n) is 8.91. The van der Waals surface area contributed by atoms with E-state index >= 15 is 0 Å². The van der Waals surface area contributed by atoms with Crippen molar-refractivity contribution in [2.75, 3.05) is 6.54 Å². The van der Waals surface area contributed by atoms with Crippen LogP contribution >= 0.6 is 11.3 Å². The van der Waals surface area contributed by atoms with E-state index in [0.29, 0.717) is 5.92 Å². The summed E-state index contributed by atoms with van der Waals surface area (Å²) >= 11 is 1.51. The van der Waals surface area contributed by atoms with Crippen LogP contribution in [0.2, 0.25) is 0 Å². The van der Waals surface area contributed by atoms with Gasteiger partial charge in [-0.1, -0.05) is 26.8 Å². The lowest BCUT2D eigenvalue weighted by Crippen LogP contribution is -2.40.